The van der Waals surface area contributed by atoms with Gasteiger partial charge in [-0.1, -0.05) is 0 Å². The molecule has 114 valence electrons. The van der Waals surface area contributed by atoms with E-state index in [4.69, 9.17) is 4.74 Å². The molecule has 1 aliphatic rings. The maximum atomic E-state index is 5.61. The van der Waals surface area contributed by atoms with Gasteiger partial charge in [0.1, 0.15) is 12.1 Å². The topological polar surface area (TPSA) is 73.4 Å². The van der Waals surface area contributed by atoms with E-state index >= 15 is 0 Å². The molecule has 0 saturated carbocycles. The first kappa shape index (κ1) is 13.2. The van der Waals surface area contributed by atoms with Crippen LogP contribution in [-0.2, 0) is 11.3 Å². The van der Waals surface area contributed by atoms with Gasteiger partial charge in [0, 0.05) is 19.3 Å². The van der Waals surface area contributed by atoms with Gasteiger partial charge in [-0.15, -0.1) is 15.3 Å². The molecular formula is C14H17N7O. The molecule has 3 aromatic heterocycles. The highest BCUT2D eigenvalue weighted by Crippen LogP contribution is 2.24. The van der Waals surface area contributed by atoms with Crippen LogP contribution in [0.1, 0.15) is 18.7 Å². The van der Waals surface area contributed by atoms with Crippen molar-refractivity contribution in [2.45, 2.75) is 19.5 Å². The summed E-state index contributed by atoms with van der Waals surface area (Å²) in [5.74, 6) is 0.904. The van der Waals surface area contributed by atoms with Gasteiger partial charge in [0.15, 0.2) is 5.65 Å². The molecule has 0 radical (unpaired) electrons. The molecular weight excluding hydrogens is 282 g/mol. The molecule has 0 unspecified atom stereocenters. The zero-order valence-electron chi connectivity index (χ0n) is 12.3. The molecule has 0 spiro atoms. The summed E-state index contributed by atoms with van der Waals surface area (Å²) in [5.41, 5.74) is 1.92. The van der Waals surface area contributed by atoms with Crippen LogP contribution in [0.2, 0.25) is 0 Å². The zero-order valence-corrected chi connectivity index (χ0v) is 12.3. The highest BCUT2D eigenvalue weighted by molar-refractivity contribution is 5.45. The number of hydrogen-bond donors (Lipinski definition) is 0. The summed E-state index contributed by atoms with van der Waals surface area (Å²) in [7, 11) is 0. The van der Waals surface area contributed by atoms with Gasteiger partial charge in [-0.2, -0.15) is 9.61 Å². The number of nitrogens with zero attached hydrogens (tertiary/aromatic N) is 7. The van der Waals surface area contributed by atoms with Crippen molar-refractivity contribution in [2.24, 2.45) is 0 Å². The van der Waals surface area contributed by atoms with Crippen LogP contribution in [0.3, 0.4) is 0 Å². The standard InChI is InChI=1S/C14H17N7O/c1-2-22-9-12-8-19(7-11-5-6-16-21(11)12)14-4-3-13-17-15-10-20(13)18-14/h3-6,10,12H,2,7-9H2,1H3/t12-/m0/s1. The molecule has 22 heavy (non-hydrogen) atoms. The van der Waals surface area contributed by atoms with Crippen molar-refractivity contribution in [1.82, 2.24) is 29.6 Å². The summed E-state index contributed by atoms with van der Waals surface area (Å²) >= 11 is 0. The van der Waals surface area contributed by atoms with Crippen LogP contribution in [-0.4, -0.2) is 49.4 Å². The summed E-state index contributed by atoms with van der Waals surface area (Å²) in [5, 5.41) is 16.9. The van der Waals surface area contributed by atoms with E-state index in [9.17, 15) is 0 Å². The third-order valence-corrected chi connectivity index (χ3v) is 3.87. The monoisotopic (exact) mass is 299 g/mol. The lowest BCUT2D eigenvalue weighted by molar-refractivity contribution is 0.106. The third-order valence-electron chi connectivity index (χ3n) is 3.87. The fourth-order valence-corrected chi connectivity index (χ4v) is 2.83. The van der Waals surface area contributed by atoms with Crippen LogP contribution in [0, 0.1) is 0 Å². The summed E-state index contributed by atoms with van der Waals surface area (Å²) in [6.07, 6.45) is 3.46. The molecule has 0 N–H and O–H groups in total. The second kappa shape index (κ2) is 5.38. The van der Waals surface area contributed by atoms with Gasteiger partial charge in [-0.05, 0) is 25.1 Å². The van der Waals surface area contributed by atoms with Crippen LogP contribution in [0.4, 0.5) is 5.82 Å². The molecule has 0 aromatic carbocycles. The lowest BCUT2D eigenvalue weighted by Gasteiger charge is -2.34. The zero-order chi connectivity index (χ0) is 14.9. The van der Waals surface area contributed by atoms with Crippen LogP contribution in [0.25, 0.3) is 5.65 Å². The average molecular weight is 299 g/mol. The van der Waals surface area contributed by atoms with E-state index in [1.54, 1.807) is 10.8 Å². The Hall–Kier alpha value is -2.48. The Labute approximate surface area is 127 Å². The number of fused-ring (bicyclic) bond motifs is 2. The SMILES string of the molecule is CCOC[C@@H]1CN(c2ccc3nncn3n2)Cc2ccnn21. The average Bonchev–Trinajstić information content (AvgIpc) is 3.20. The molecule has 0 amide bonds. The molecule has 4 heterocycles. The Morgan fingerprint density at radius 3 is 3.18 bits per heavy atom. The Morgan fingerprint density at radius 1 is 1.32 bits per heavy atom. The van der Waals surface area contributed by atoms with E-state index in [0.717, 1.165) is 24.6 Å². The molecule has 4 rings (SSSR count). The number of aromatic nitrogens is 6. The first-order valence-corrected chi connectivity index (χ1v) is 7.37. The van der Waals surface area contributed by atoms with Gasteiger partial charge >= 0.3 is 0 Å². The number of rotatable bonds is 4. The van der Waals surface area contributed by atoms with Gasteiger partial charge in [-0.3, -0.25) is 4.68 Å². The normalized spacial score (nSPS) is 17.9. The van der Waals surface area contributed by atoms with Crippen molar-refractivity contribution in [3.8, 4) is 0 Å². The second-order valence-electron chi connectivity index (χ2n) is 5.29. The highest BCUT2D eigenvalue weighted by atomic mass is 16.5. The van der Waals surface area contributed by atoms with Crippen molar-refractivity contribution >= 4 is 11.5 Å². The smallest absolute Gasteiger partial charge is 0.177 e. The summed E-state index contributed by atoms with van der Waals surface area (Å²) in [6.45, 7) is 4.96. The van der Waals surface area contributed by atoms with E-state index in [1.165, 1.54) is 5.69 Å². The van der Waals surface area contributed by atoms with Crippen molar-refractivity contribution < 1.29 is 4.74 Å². The molecule has 8 heteroatoms. The van der Waals surface area contributed by atoms with Crippen LogP contribution in [0.5, 0.6) is 0 Å². The molecule has 0 saturated heterocycles. The van der Waals surface area contributed by atoms with E-state index in [1.807, 2.05) is 31.3 Å². The number of ether oxygens (including phenoxy) is 1. The molecule has 0 bridgehead atoms. The van der Waals surface area contributed by atoms with Gasteiger partial charge in [0.25, 0.3) is 0 Å². The minimum Gasteiger partial charge on any atom is -0.379 e. The summed E-state index contributed by atoms with van der Waals surface area (Å²) in [4.78, 5) is 2.24. The molecule has 0 fully saturated rings. The molecule has 1 aliphatic heterocycles. The minimum absolute atomic E-state index is 0.192. The van der Waals surface area contributed by atoms with Gasteiger partial charge in [0.05, 0.1) is 24.9 Å². The summed E-state index contributed by atoms with van der Waals surface area (Å²) < 4.78 is 9.36. The van der Waals surface area contributed by atoms with Crippen LogP contribution < -0.4 is 4.90 Å². The first-order valence-electron chi connectivity index (χ1n) is 7.37. The largest absolute Gasteiger partial charge is 0.379 e. The molecule has 0 aliphatic carbocycles. The van der Waals surface area contributed by atoms with Crippen molar-refractivity contribution in [3.63, 3.8) is 0 Å². The van der Waals surface area contributed by atoms with E-state index < -0.39 is 0 Å². The number of anilines is 1. The lowest BCUT2D eigenvalue weighted by Crippen LogP contribution is -2.40. The maximum absolute atomic E-state index is 5.61. The summed E-state index contributed by atoms with van der Waals surface area (Å²) in [6, 6.07) is 6.15. The fourth-order valence-electron chi connectivity index (χ4n) is 2.83. The first-order chi connectivity index (χ1) is 10.8. The Kier molecular flexibility index (Phi) is 3.23. The van der Waals surface area contributed by atoms with Crippen molar-refractivity contribution in [3.05, 3.63) is 36.4 Å². The van der Waals surface area contributed by atoms with Crippen molar-refractivity contribution in [2.75, 3.05) is 24.7 Å². The number of hydrogen-bond acceptors (Lipinski definition) is 6. The lowest BCUT2D eigenvalue weighted by atomic mass is 10.2. The Bertz CT molecular complexity index is 780. The van der Waals surface area contributed by atoms with E-state index in [2.05, 4.69) is 30.0 Å². The van der Waals surface area contributed by atoms with Gasteiger partial charge in [0.2, 0.25) is 0 Å². The molecule has 8 nitrogen and oxygen atoms in total. The van der Waals surface area contributed by atoms with Crippen LogP contribution in [0.15, 0.2) is 30.7 Å². The third kappa shape index (κ3) is 2.21. The predicted octanol–water partition coefficient (Wildman–Crippen LogP) is 0.919. The quantitative estimate of drug-likeness (QED) is 0.713. The van der Waals surface area contributed by atoms with Crippen LogP contribution >= 0.6 is 0 Å². The Morgan fingerprint density at radius 2 is 2.27 bits per heavy atom. The van der Waals surface area contributed by atoms with E-state index in [-0.39, 0.29) is 6.04 Å². The van der Waals surface area contributed by atoms with E-state index in [0.29, 0.717) is 13.2 Å². The highest BCUT2D eigenvalue weighted by Gasteiger charge is 2.26. The fraction of sp³-hybridized carbons (Fsp3) is 0.429. The van der Waals surface area contributed by atoms with Crippen molar-refractivity contribution in [1.29, 1.82) is 0 Å². The maximum Gasteiger partial charge on any atom is 0.177 e. The Balaban J connectivity index is 1.65. The molecule has 3 aromatic rings. The minimum atomic E-state index is 0.192. The second-order valence-corrected chi connectivity index (χ2v) is 5.29. The van der Waals surface area contributed by atoms with Gasteiger partial charge in [-0.25, -0.2) is 0 Å². The molecule has 1 atom stereocenters. The predicted molar refractivity (Wildman–Crippen MR) is 79.6 cm³/mol. The van der Waals surface area contributed by atoms with Gasteiger partial charge < -0.3 is 9.64 Å².